The van der Waals surface area contributed by atoms with Crippen molar-refractivity contribution in [2.24, 2.45) is 4.99 Å². The summed E-state index contributed by atoms with van der Waals surface area (Å²) in [6.07, 6.45) is 15.9. The third-order valence-electron chi connectivity index (χ3n) is 4.50. The number of rotatable bonds is 5. The topological polar surface area (TPSA) is 49.6 Å². The Bertz CT molecular complexity index is 478. The van der Waals surface area contributed by atoms with Crippen molar-refractivity contribution >= 4 is 5.96 Å². The Morgan fingerprint density at radius 2 is 1.86 bits per heavy atom. The zero-order chi connectivity index (χ0) is 15.0. The largest absolute Gasteiger partial charge is 0.469 e. The molecule has 120 valence electrons. The fraction of sp³-hybridized carbons (Fsp3) is 0.611. The standard InChI is InChI=1S/C18H27N3O/c1-2-7-15(8-3-1)20-18(21-16-9-4-5-10-16)19-13-12-17-11-6-14-22-17/h4-6,11,14-16H,1-3,7-10,12-13H2,(H2,19,20,21). The number of furan rings is 1. The summed E-state index contributed by atoms with van der Waals surface area (Å²) in [6, 6.07) is 5.03. The molecule has 3 rings (SSSR count). The minimum atomic E-state index is 0.499. The summed E-state index contributed by atoms with van der Waals surface area (Å²) < 4.78 is 5.38. The third-order valence-corrected chi connectivity index (χ3v) is 4.50. The molecule has 1 saturated carbocycles. The molecule has 0 radical (unpaired) electrons. The third kappa shape index (κ3) is 4.65. The van der Waals surface area contributed by atoms with Gasteiger partial charge >= 0.3 is 0 Å². The van der Waals surface area contributed by atoms with Crippen molar-refractivity contribution in [3.05, 3.63) is 36.3 Å². The van der Waals surface area contributed by atoms with Crippen LogP contribution in [0.2, 0.25) is 0 Å². The highest BCUT2D eigenvalue weighted by molar-refractivity contribution is 5.80. The molecule has 0 spiro atoms. The number of guanidine groups is 1. The van der Waals surface area contributed by atoms with Gasteiger partial charge in [-0.15, -0.1) is 0 Å². The minimum Gasteiger partial charge on any atom is -0.469 e. The first kappa shape index (κ1) is 15.2. The van der Waals surface area contributed by atoms with Crippen LogP contribution in [0, 0.1) is 0 Å². The van der Waals surface area contributed by atoms with Crippen molar-refractivity contribution in [1.82, 2.24) is 10.6 Å². The highest BCUT2D eigenvalue weighted by Crippen LogP contribution is 2.17. The van der Waals surface area contributed by atoms with Gasteiger partial charge in [-0.1, -0.05) is 31.4 Å². The molecule has 1 aromatic rings. The second kappa shape index (κ2) is 8.06. The van der Waals surface area contributed by atoms with Crippen molar-refractivity contribution in [2.45, 2.75) is 63.5 Å². The smallest absolute Gasteiger partial charge is 0.191 e. The van der Waals surface area contributed by atoms with E-state index in [1.807, 2.05) is 12.1 Å². The van der Waals surface area contributed by atoms with Gasteiger partial charge < -0.3 is 15.1 Å². The second-order valence-electron chi connectivity index (χ2n) is 6.32. The molecule has 0 saturated heterocycles. The average Bonchev–Trinajstić information content (AvgIpc) is 3.22. The summed E-state index contributed by atoms with van der Waals surface area (Å²) in [7, 11) is 0. The number of nitrogens with one attached hydrogen (secondary N) is 2. The van der Waals surface area contributed by atoms with Crippen LogP contribution in [0.25, 0.3) is 0 Å². The van der Waals surface area contributed by atoms with Crippen molar-refractivity contribution in [1.29, 1.82) is 0 Å². The fourth-order valence-corrected chi connectivity index (χ4v) is 3.23. The Morgan fingerprint density at radius 1 is 1.09 bits per heavy atom. The molecule has 4 nitrogen and oxygen atoms in total. The molecule has 0 bridgehead atoms. The zero-order valence-electron chi connectivity index (χ0n) is 13.3. The monoisotopic (exact) mass is 301 g/mol. The van der Waals surface area contributed by atoms with Crippen LogP contribution in [0.1, 0.15) is 50.7 Å². The molecule has 1 fully saturated rings. The average molecular weight is 301 g/mol. The van der Waals surface area contributed by atoms with Crippen molar-refractivity contribution in [2.75, 3.05) is 6.54 Å². The van der Waals surface area contributed by atoms with Crippen LogP contribution in [-0.4, -0.2) is 24.6 Å². The lowest BCUT2D eigenvalue weighted by Gasteiger charge is -2.26. The molecule has 1 heterocycles. The first-order chi connectivity index (χ1) is 10.9. The van der Waals surface area contributed by atoms with Gasteiger partial charge in [-0.2, -0.15) is 0 Å². The summed E-state index contributed by atoms with van der Waals surface area (Å²) >= 11 is 0. The molecule has 4 heteroatoms. The molecule has 2 aliphatic rings. The Morgan fingerprint density at radius 3 is 2.59 bits per heavy atom. The molecule has 22 heavy (non-hydrogen) atoms. The Kier molecular flexibility index (Phi) is 5.57. The van der Waals surface area contributed by atoms with Crippen molar-refractivity contribution in [3.8, 4) is 0 Å². The summed E-state index contributed by atoms with van der Waals surface area (Å²) in [5.74, 6) is 1.98. The molecular weight excluding hydrogens is 274 g/mol. The number of aliphatic imine (C=N–C) groups is 1. The van der Waals surface area contributed by atoms with Gasteiger partial charge in [-0.3, -0.25) is 4.99 Å². The highest BCUT2D eigenvalue weighted by atomic mass is 16.3. The summed E-state index contributed by atoms with van der Waals surface area (Å²) in [6.45, 7) is 0.760. The van der Waals surface area contributed by atoms with Crippen LogP contribution in [0.15, 0.2) is 40.0 Å². The predicted octanol–water partition coefficient (Wildman–Crippen LogP) is 3.41. The van der Waals surface area contributed by atoms with Crippen LogP contribution < -0.4 is 10.6 Å². The van der Waals surface area contributed by atoms with Gasteiger partial charge in [-0.25, -0.2) is 0 Å². The van der Waals surface area contributed by atoms with Gasteiger partial charge in [0.1, 0.15) is 5.76 Å². The molecule has 0 unspecified atom stereocenters. The Hall–Kier alpha value is -1.71. The van der Waals surface area contributed by atoms with Crippen LogP contribution in [0.4, 0.5) is 0 Å². The van der Waals surface area contributed by atoms with Crippen LogP contribution in [-0.2, 0) is 6.42 Å². The maximum atomic E-state index is 5.38. The second-order valence-corrected chi connectivity index (χ2v) is 6.32. The lowest BCUT2D eigenvalue weighted by atomic mass is 9.96. The molecule has 1 aromatic heterocycles. The molecule has 0 atom stereocenters. The first-order valence-corrected chi connectivity index (χ1v) is 8.65. The van der Waals surface area contributed by atoms with Gasteiger partial charge in [0.25, 0.3) is 0 Å². The SMILES string of the molecule is C1=CCC(NC(=NCCc2ccco2)NC2CCCCC2)C1. The van der Waals surface area contributed by atoms with E-state index in [1.54, 1.807) is 6.26 Å². The van der Waals surface area contributed by atoms with Gasteiger partial charge in [0.2, 0.25) is 0 Å². The Balaban J connectivity index is 1.53. The van der Waals surface area contributed by atoms with Gasteiger partial charge in [0.05, 0.1) is 6.26 Å². The van der Waals surface area contributed by atoms with E-state index in [0.717, 1.165) is 37.5 Å². The lowest BCUT2D eigenvalue weighted by molar-refractivity contribution is 0.408. The first-order valence-electron chi connectivity index (χ1n) is 8.65. The normalized spacial score (nSPS) is 20.5. The Labute approximate surface area is 133 Å². The van der Waals surface area contributed by atoms with E-state index in [0.29, 0.717) is 12.1 Å². The number of nitrogens with zero attached hydrogens (tertiary/aromatic N) is 1. The molecule has 2 aliphatic carbocycles. The lowest BCUT2D eigenvalue weighted by Crippen LogP contribution is -2.47. The number of hydrogen-bond acceptors (Lipinski definition) is 2. The van der Waals surface area contributed by atoms with Gasteiger partial charge in [0.15, 0.2) is 5.96 Å². The molecular formula is C18H27N3O. The van der Waals surface area contributed by atoms with E-state index in [2.05, 4.69) is 22.8 Å². The number of hydrogen-bond donors (Lipinski definition) is 2. The van der Waals surface area contributed by atoms with Gasteiger partial charge in [-0.05, 0) is 37.8 Å². The van der Waals surface area contributed by atoms with Crippen molar-refractivity contribution < 1.29 is 4.42 Å². The zero-order valence-corrected chi connectivity index (χ0v) is 13.3. The quantitative estimate of drug-likeness (QED) is 0.498. The van der Waals surface area contributed by atoms with E-state index in [-0.39, 0.29) is 0 Å². The molecule has 0 amide bonds. The molecule has 0 aromatic carbocycles. The van der Waals surface area contributed by atoms with E-state index in [9.17, 15) is 0 Å². The molecule has 0 aliphatic heterocycles. The van der Waals surface area contributed by atoms with E-state index < -0.39 is 0 Å². The van der Waals surface area contributed by atoms with Gasteiger partial charge in [0, 0.05) is 25.0 Å². The van der Waals surface area contributed by atoms with Crippen LogP contribution in [0.3, 0.4) is 0 Å². The summed E-state index contributed by atoms with van der Waals surface area (Å²) in [4.78, 5) is 4.76. The maximum Gasteiger partial charge on any atom is 0.191 e. The maximum absolute atomic E-state index is 5.38. The summed E-state index contributed by atoms with van der Waals surface area (Å²) in [5.41, 5.74) is 0. The van der Waals surface area contributed by atoms with Crippen molar-refractivity contribution in [3.63, 3.8) is 0 Å². The fourth-order valence-electron chi connectivity index (χ4n) is 3.23. The van der Waals surface area contributed by atoms with E-state index in [1.165, 1.54) is 32.1 Å². The highest BCUT2D eigenvalue weighted by Gasteiger charge is 2.17. The van der Waals surface area contributed by atoms with Crippen LogP contribution in [0.5, 0.6) is 0 Å². The van der Waals surface area contributed by atoms with Crippen LogP contribution >= 0.6 is 0 Å². The predicted molar refractivity (Wildman–Crippen MR) is 90.0 cm³/mol. The van der Waals surface area contributed by atoms with E-state index in [4.69, 9.17) is 9.41 Å². The minimum absolute atomic E-state index is 0.499. The van der Waals surface area contributed by atoms with E-state index >= 15 is 0 Å². The molecule has 2 N–H and O–H groups in total. The summed E-state index contributed by atoms with van der Waals surface area (Å²) in [5, 5.41) is 7.23.